The Morgan fingerprint density at radius 1 is 0.487 bits per heavy atom. The maximum Gasteiger partial charge on any atom is 0.109 e. The van der Waals surface area contributed by atoms with Crippen molar-refractivity contribution in [2.24, 2.45) is 7.05 Å². The van der Waals surface area contributed by atoms with Gasteiger partial charge in [0.25, 0.3) is 0 Å². The first-order valence-corrected chi connectivity index (χ1v) is 14.2. The Morgan fingerprint density at radius 3 is 2.08 bits per heavy atom. The smallest absolute Gasteiger partial charge is 0.109 e. The molecule has 39 heavy (non-hydrogen) atoms. The molecule has 0 amide bonds. The lowest BCUT2D eigenvalue weighted by Gasteiger charge is -2.08. The zero-order chi connectivity index (χ0) is 25.4. The molecule has 182 valence electrons. The van der Waals surface area contributed by atoms with Crippen LogP contribution in [0.3, 0.4) is 0 Å². The molecule has 10 rings (SSSR count). The predicted molar refractivity (Wildman–Crippen MR) is 167 cm³/mol. The summed E-state index contributed by atoms with van der Waals surface area (Å²) < 4.78 is 8.79. The van der Waals surface area contributed by atoms with E-state index in [-0.39, 0.29) is 0 Å². The van der Waals surface area contributed by atoms with Crippen molar-refractivity contribution in [2.75, 3.05) is 0 Å². The molecule has 0 saturated carbocycles. The van der Waals surface area contributed by atoms with Crippen molar-refractivity contribution in [3.8, 4) is 5.69 Å². The van der Waals surface area contributed by atoms with E-state index >= 15 is 0 Å². The van der Waals surface area contributed by atoms with Gasteiger partial charge in [-0.25, -0.2) is 0 Å². The number of thiophene rings is 1. The van der Waals surface area contributed by atoms with E-state index in [1.54, 1.807) is 0 Å². The Labute approximate surface area is 226 Å². The standard InChI is InChI=1S/C35H21N3S/c1-36-26-16-9-14-23-30(26)31-27(36)19-18-24-29-22-13-6-8-17-28(22)39-35(29)38(32(24)31)33-21-12-5-7-15-25(21)37(34(23)33)20-10-3-2-4-11-20/h2-19H,1H3. The first kappa shape index (κ1) is 20.2. The van der Waals surface area contributed by atoms with Gasteiger partial charge >= 0.3 is 0 Å². The van der Waals surface area contributed by atoms with Crippen LogP contribution in [-0.4, -0.2) is 13.5 Å². The lowest BCUT2D eigenvalue weighted by Crippen LogP contribution is -1.94. The average Bonchev–Trinajstić information content (AvgIpc) is 3.67. The highest BCUT2D eigenvalue weighted by atomic mass is 32.1. The van der Waals surface area contributed by atoms with Gasteiger partial charge in [-0.05, 0) is 36.4 Å². The van der Waals surface area contributed by atoms with Crippen molar-refractivity contribution in [1.82, 2.24) is 13.5 Å². The van der Waals surface area contributed by atoms with E-state index in [0.29, 0.717) is 0 Å². The fourth-order valence-corrected chi connectivity index (χ4v) is 8.49. The molecule has 0 saturated heterocycles. The van der Waals surface area contributed by atoms with Crippen LogP contribution in [0.15, 0.2) is 109 Å². The topological polar surface area (TPSA) is 14.3 Å². The Hall–Kier alpha value is -4.80. The molecule has 0 aliphatic heterocycles. The number of rotatable bonds is 1. The molecule has 0 unspecified atom stereocenters. The molecule has 4 heteroatoms. The van der Waals surface area contributed by atoms with Gasteiger partial charge in [0, 0.05) is 60.7 Å². The Kier molecular flexibility index (Phi) is 3.52. The van der Waals surface area contributed by atoms with E-state index in [9.17, 15) is 0 Å². The summed E-state index contributed by atoms with van der Waals surface area (Å²) in [4.78, 5) is 1.32. The SMILES string of the molecule is Cn1c2cccc3c2c2c1ccc1c4c5ccccc5sc4n(c12)c1c2ccccc2n(-c2ccccc2)c31. The summed E-state index contributed by atoms with van der Waals surface area (Å²) in [5.41, 5.74) is 8.82. The first-order chi connectivity index (χ1) is 19.3. The third-order valence-electron chi connectivity index (χ3n) is 8.79. The maximum atomic E-state index is 2.61. The normalized spacial score (nSPS) is 12.7. The molecule has 0 bridgehead atoms. The van der Waals surface area contributed by atoms with Gasteiger partial charge in [-0.2, -0.15) is 0 Å². The Balaban J connectivity index is 1.68. The van der Waals surface area contributed by atoms with Crippen LogP contribution in [0.1, 0.15) is 0 Å². The van der Waals surface area contributed by atoms with Crippen molar-refractivity contribution in [2.45, 2.75) is 0 Å². The molecule has 0 N–H and O–H groups in total. The van der Waals surface area contributed by atoms with E-state index in [1.807, 2.05) is 11.3 Å². The van der Waals surface area contributed by atoms with Gasteiger partial charge in [0.2, 0.25) is 0 Å². The summed E-state index contributed by atoms with van der Waals surface area (Å²) in [5, 5.41) is 9.31. The van der Waals surface area contributed by atoms with Gasteiger partial charge in [0.05, 0.1) is 27.6 Å². The average molecular weight is 516 g/mol. The van der Waals surface area contributed by atoms with Crippen LogP contribution in [0.2, 0.25) is 0 Å². The van der Waals surface area contributed by atoms with Crippen molar-refractivity contribution in [3.05, 3.63) is 109 Å². The van der Waals surface area contributed by atoms with Crippen molar-refractivity contribution in [3.63, 3.8) is 0 Å². The van der Waals surface area contributed by atoms with E-state index in [2.05, 4.69) is 130 Å². The van der Waals surface area contributed by atoms with Crippen LogP contribution in [0.25, 0.3) is 86.0 Å². The molecule has 3 nitrogen and oxygen atoms in total. The summed E-state index contributed by atoms with van der Waals surface area (Å²) >= 11 is 1.91. The van der Waals surface area contributed by atoms with Gasteiger partial charge in [0.15, 0.2) is 0 Å². The van der Waals surface area contributed by atoms with E-state index in [4.69, 9.17) is 0 Å². The summed E-state index contributed by atoms with van der Waals surface area (Å²) in [7, 11) is 2.21. The third-order valence-corrected chi connectivity index (χ3v) is 9.94. The second-order valence-corrected chi connectivity index (χ2v) is 11.6. The minimum Gasteiger partial charge on any atom is -0.344 e. The van der Waals surface area contributed by atoms with E-state index < -0.39 is 0 Å². The van der Waals surface area contributed by atoms with Gasteiger partial charge < -0.3 is 9.13 Å². The van der Waals surface area contributed by atoms with Gasteiger partial charge in [-0.15, -0.1) is 11.3 Å². The summed E-state index contributed by atoms with van der Waals surface area (Å²) in [6, 6.07) is 40.1. The predicted octanol–water partition coefficient (Wildman–Crippen LogP) is 9.64. The second kappa shape index (κ2) is 6.79. The number of hydrogen-bond acceptors (Lipinski definition) is 1. The number of nitrogens with zero attached hydrogens (tertiary/aromatic N) is 3. The zero-order valence-corrected chi connectivity index (χ0v) is 22.0. The minimum absolute atomic E-state index is 1.18. The highest BCUT2D eigenvalue weighted by Crippen LogP contribution is 2.49. The molecular formula is C35H21N3S. The number of benzene rings is 5. The van der Waals surface area contributed by atoms with Crippen LogP contribution in [0, 0.1) is 0 Å². The maximum absolute atomic E-state index is 2.61. The van der Waals surface area contributed by atoms with Crippen molar-refractivity contribution >= 4 is 91.7 Å². The van der Waals surface area contributed by atoms with Gasteiger partial charge in [0.1, 0.15) is 4.83 Å². The second-order valence-electron chi connectivity index (χ2n) is 10.6. The van der Waals surface area contributed by atoms with Crippen molar-refractivity contribution < 1.29 is 0 Å². The molecule has 5 aromatic carbocycles. The van der Waals surface area contributed by atoms with Crippen LogP contribution in [-0.2, 0) is 7.05 Å². The van der Waals surface area contributed by atoms with Crippen LogP contribution >= 0.6 is 11.3 Å². The van der Waals surface area contributed by atoms with Crippen LogP contribution in [0.4, 0.5) is 0 Å². The monoisotopic (exact) mass is 515 g/mol. The van der Waals surface area contributed by atoms with Gasteiger partial charge in [-0.3, -0.25) is 4.40 Å². The summed E-state index contributed by atoms with van der Waals surface area (Å²) in [6.07, 6.45) is 0. The van der Waals surface area contributed by atoms with Crippen molar-refractivity contribution in [1.29, 1.82) is 0 Å². The number of aromatic nitrogens is 3. The van der Waals surface area contributed by atoms with E-state index in [0.717, 1.165) is 0 Å². The minimum atomic E-state index is 1.18. The lowest BCUT2D eigenvalue weighted by atomic mass is 10.0. The molecule has 0 aliphatic rings. The Morgan fingerprint density at radius 2 is 1.18 bits per heavy atom. The largest absolute Gasteiger partial charge is 0.344 e. The molecule has 0 aliphatic carbocycles. The molecule has 5 heterocycles. The highest BCUT2D eigenvalue weighted by molar-refractivity contribution is 7.25. The van der Waals surface area contributed by atoms with Crippen LogP contribution < -0.4 is 0 Å². The lowest BCUT2D eigenvalue weighted by molar-refractivity contribution is 1.01. The molecule has 0 fully saturated rings. The molecule has 0 radical (unpaired) electrons. The molecular weight excluding hydrogens is 494 g/mol. The number of para-hydroxylation sites is 2. The number of hydrogen-bond donors (Lipinski definition) is 0. The zero-order valence-electron chi connectivity index (χ0n) is 21.1. The number of fused-ring (bicyclic) bond motifs is 10. The van der Waals surface area contributed by atoms with E-state index in [1.165, 1.54) is 86.0 Å². The fraction of sp³-hybridized carbons (Fsp3) is 0.0286. The fourth-order valence-electron chi connectivity index (χ4n) is 7.26. The molecule has 0 atom stereocenters. The molecule has 5 aromatic heterocycles. The Bertz CT molecular complexity index is 2610. The summed E-state index contributed by atoms with van der Waals surface area (Å²) in [5.74, 6) is 0. The first-order valence-electron chi connectivity index (χ1n) is 13.4. The van der Waals surface area contributed by atoms with Crippen LogP contribution in [0.5, 0.6) is 0 Å². The van der Waals surface area contributed by atoms with Gasteiger partial charge in [-0.1, -0.05) is 72.8 Å². The summed E-state index contributed by atoms with van der Waals surface area (Å²) in [6.45, 7) is 0. The molecule has 0 spiro atoms. The highest BCUT2D eigenvalue weighted by Gasteiger charge is 2.26. The number of aryl methyl sites for hydroxylation is 1. The quantitative estimate of drug-likeness (QED) is 0.207. The molecule has 10 aromatic rings. The third kappa shape index (κ3) is 2.24.